The van der Waals surface area contributed by atoms with Gasteiger partial charge in [0.1, 0.15) is 11.6 Å². The molecular formula is C13H24N4. The Morgan fingerprint density at radius 2 is 1.88 bits per heavy atom. The molecule has 0 amide bonds. The van der Waals surface area contributed by atoms with E-state index in [9.17, 15) is 0 Å². The maximum Gasteiger partial charge on any atom is 0.129 e. The van der Waals surface area contributed by atoms with Gasteiger partial charge in [0.25, 0.3) is 0 Å². The van der Waals surface area contributed by atoms with Gasteiger partial charge in [-0.05, 0) is 26.2 Å². The second-order valence-corrected chi connectivity index (χ2v) is 4.57. The molecule has 0 unspecified atom stereocenters. The third-order valence-corrected chi connectivity index (χ3v) is 3.28. The van der Waals surface area contributed by atoms with Gasteiger partial charge in [-0.25, -0.2) is 9.97 Å². The van der Waals surface area contributed by atoms with E-state index < -0.39 is 0 Å². The predicted molar refractivity (Wildman–Crippen MR) is 72.1 cm³/mol. The van der Waals surface area contributed by atoms with Gasteiger partial charge in [-0.3, -0.25) is 0 Å². The Morgan fingerprint density at radius 1 is 1.24 bits per heavy atom. The van der Waals surface area contributed by atoms with Gasteiger partial charge in [-0.2, -0.15) is 0 Å². The largest absolute Gasteiger partial charge is 0.368 e. The van der Waals surface area contributed by atoms with E-state index in [1.54, 1.807) is 0 Å². The highest BCUT2D eigenvalue weighted by Gasteiger charge is 2.19. The van der Waals surface area contributed by atoms with Crippen LogP contribution in [0.5, 0.6) is 0 Å². The summed E-state index contributed by atoms with van der Waals surface area (Å²) in [6, 6.07) is 2.00. The molecule has 0 saturated carbocycles. The molecule has 0 aliphatic carbocycles. The summed E-state index contributed by atoms with van der Waals surface area (Å²) in [5.41, 5.74) is 7.16. The second-order valence-electron chi connectivity index (χ2n) is 4.57. The first-order valence-electron chi connectivity index (χ1n) is 6.40. The highest BCUT2D eigenvalue weighted by molar-refractivity contribution is 5.36. The van der Waals surface area contributed by atoms with Crippen molar-refractivity contribution in [1.82, 2.24) is 9.97 Å². The van der Waals surface area contributed by atoms with Crippen LogP contribution in [0.25, 0.3) is 0 Å². The average molecular weight is 236 g/mol. The van der Waals surface area contributed by atoms with E-state index in [1.807, 2.05) is 13.0 Å². The summed E-state index contributed by atoms with van der Waals surface area (Å²) in [5.74, 6) is 1.69. The van der Waals surface area contributed by atoms with Crippen molar-refractivity contribution in [2.24, 2.45) is 5.73 Å². The number of aryl methyl sites for hydroxylation is 2. The van der Waals surface area contributed by atoms with Crippen molar-refractivity contribution in [3.05, 3.63) is 17.6 Å². The minimum absolute atomic E-state index is 0.148. The van der Waals surface area contributed by atoms with Gasteiger partial charge in [0.15, 0.2) is 0 Å². The minimum Gasteiger partial charge on any atom is -0.368 e. The lowest BCUT2D eigenvalue weighted by molar-refractivity contribution is 0.418. The number of hydrogen-bond acceptors (Lipinski definition) is 4. The first-order valence-corrected chi connectivity index (χ1v) is 6.40. The Kier molecular flexibility index (Phi) is 4.87. The summed E-state index contributed by atoms with van der Waals surface area (Å²) in [6.45, 7) is 9.00. The Bertz CT molecular complexity index is 358. The van der Waals surface area contributed by atoms with Crippen molar-refractivity contribution in [3.8, 4) is 0 Å². The topological polar surface area (TPSA) is 63.8 Å². The number of nitrogens with two attached hydrogens (primary N) is 1. The van der Waals surface area contributed by atoms with E-state index in [0.717, 1.165) is 43.1 Å². The number of nitrogens with one attached hydrogen (secondary N) is 1. The average Bonchev–Trinajstić information content (AvgIpc) is 2.35. The van der Waals surface area contributed by atoms with Crippen molar-refractivity contribution in [2.75, 3.05) is 11.9 Å². The molecule has 17 heavy (non-hydrogen) atoms. The van der Waals surface area contributed by atoms with Crippen LogP contribution in [0.2, 0.25) is 0 Å². The van der Waals surface area contributed by atoms with Crippen molar-refractivity contribution in [3.63, 3.8) is 0 Å². The molecule has 1 rings (SSSR count). The molecule has 0 aromatic carbocycles. The Hall–Kier alpha value is -1.16. The van der Waals surface area contributed by atoms with Crippen molar-refractivity contribution < 1.29 is 0 Å². The number of rotatable bonds is 6. The molecule has 1 heterocycles. The molecular weight excluding hydrogens is 212 g/mol. The zero-order valence-corrected chi connectivity index (χ0v) is 11.4. The molecule has 0 radical (unpaired) electrons. The standard InChI is InChI=1S/C13H24N4/c1-5-11-8-12(17-10(4)16-11)15-9-13(14,6-2)7-3/h8H,5-7,9,14H2,1-4H3,(H,15,16,17). The fraction of sp³-hybridized carbons (Fsp3) is 0.692. The van der Waals surface area contributed by atoms with Gasteiger partial charge in [-0.15, -0.1) is 0 Å². The summed E-state index contributed by atoms with van der Waals surface area (Å²) < 4.78 is 0. The smallest absolute Gasteiger partial charge is 0.129 e. The van der Waals surface area contributed by atoms with Gasteiger partial charge >= 0.3 is 0 Å². The Labute approximate surface area is 104 Å². The van der Waals surface area contributed by atoms with E-state index in [1.165, 1.54) is 0 Å². The molecule has 0 aliphatic heterocycles. The van der Waals surface area contributed by atoms with Gasteiger partial charge in [0.2, 0.25) is 0 Å². The lowest BCUT2D eigenvalue weighted by atomic mass is 9.94. The molecule has 4 heteroatoms. The van der Waals surface area contributed by atoms with Gasteiger partial charge in [-0.1, -0.05) is 20.8 Å². The first-order chi connectivity index (χ1) is 8.03. The van der Waals surface area contributed by atoms with Crippen LogP contribution in [0.1, 0.15) is 45.1 Å². The lowest BCUT2D eigenvalue weighted by Crippen LogP contribution is -2.45. The summed E-state index contributed by atoms with van der Waals surface area (Å²) in [4.78, 5) is 8.73. The van der Waals surface area contributed by atoms with Crippen LogP contribution < -0.4 is 11.1 Å². The molecule has 1 aromatic rings. The third kappa shape index (κ3) is 3.97. The molecule has 4 nitrogen and oxygen atoms in total. The quantitative estimate of drug-likeness (QED) is 0.795. The number of aromatic nitrogens is 2. The normalized spacial score (nSPS) is 11.6. The number of hydrogen-bond donors (Lipinski definition) is 2. The molecule has 1 aromatic heterocycles. The van der Waals surface area contributed by atoms with Crippen LogP contribution in [0.4, 0.5) is 5.82 Å². The molecule has 96 valence electrons. The van der Waals surface area contributed by atoms with Gasteiger partial charge < -0.3 is 11.1 Å². The molecule has 0 bridgehead atoms. The summed E-state index contributed by atoms with van der Waals surface area (Å²) >= 11 is 0. The van der Waals surface area contributed by atoms with Crippen molar-refractivity contribution in [2.45, 2.75) is 52.5 Å². The van der Waals surface area contributed by atoms with E-state index in [0.29, 0.717) is 0 Å². The van der Waals surface area contributed by atoms with Crippen LogP contribution in [0.3, 0.4) is 0 Å². The molecule has 0 aliphatic rings. The highest BCUT2D eigenvalue weighted by Crippen LogP contribution is 2.13. The molecule has 3 N–H and O–H groups in total. The molecule has 0 atom stereocenters. The first kappa shape index (κ1) is 13.9. The third-order valence-electron chi connectivity index (χ3n) is 3.28. The SMILES string of the molecule is CCc1cc(NCC(N)(CC)CC)nc(C)n1. The van der Waals surface area contributed by atoms with Gasteiger partial charge in [0.05, 0.1) is 0 Å². The van der Waals surface area contributed by atoms with Crippen LogP contribution >= 0.6 is 0 Å². The van der Waals surface area contributed by atoms with Crippen LogP contribution in [0, 0.1) is 6.92 Å². The van der Waals surface area contributed by atoms with E-state index in [-0.39, 0.29) is 5.54 Å². The van der Waals surface area contributed by atoms with Gasteiger partial charge in [0, 0.05) is 23.8 Å². The zero-order chi connectivity index (χ0) is 12.9. The summed E-state index contributed by atoms with van der Waals surface area (Å²) in [5, 5.41) is 3.33. The molecule has 0 spiro atoms. The fourth-order valence-electron chi connectivity index (χ4n) is 1.67. The predicted octanol–water partition coefficient (Wildman–Crippen LogP) is 2.28. The molecule has 0 saturated heterocycles. The fourth-order valence-corrected chi connectivity index (χ4v) is 1.67. The highest BCUT2D eigenvalue weighted by atomic mass is 15.0. The van der Waals surface area contributed by atoms with Crippen LogP contribution in [-0.4, -0.2) is 22.1 Å². The van der Waals surface area contributed by atoms with Crippen LogP contribution in [-0.2, 0) is 6.42 Å². The summed E-state index contributed by atoms with van der Waals surface area (Å²) in [7, 11) is 0. The van der Waals surface area contributed by atoms with Crippen molar-refractivity contribution in [1.29, 1.82) is 0 Å². The minimum atomic E-state index is -0.148. The van der Waals surface area contributed by atoms with Crippen molar-refractivity contribution >= 4 is 5.82 Å². The number of anilines is 1. The van der Waals surface area contributed by atoms with E-state index in [2.05, 4.69) is 36.1 Å². The van der Waals surface area contributed by atoms with Crippen LogP contribution in [0.15, 0.2) is 6.07 Å². The zero-order valence-electron chi connectivity index (χ0n) is 11.4. The second kappa shape index (κ2) is 5.96. The maximum atomic E-state index is 6.25. The molecule has 0 fully saturated rings. The Morgan fingerprint density at radius 3 is 2.41 bits per heavy atom. The van der Waals surface area contributed by atoms with E-state index in [4.69, 9.17) is 5.73 Å². The van der Waals surface area contributed by atoms with E-state index >= 15 is 0 Å². The number of nitrogens with zero attached hydrogens (tertiary/aromatic N) is 2. The summed E-state index contributed by atoms with van der Waals surface area (Å²) in [6.07, 6.45) is 2.84. The lowest BCUT2D eigenvalue weighted by Gasteiger charge is -2.27. The Balaban J connectivity index is 2.72. The maximum absolute atomic E-state index is 6.25. The monoisotopic (exact) mass is 236 g/mol.